The summed E-state index contributed by atoms with van der Waals surface area (Å²) in [5, 5.41) is 20.7. The lowest BCUT2D eigenvalue weighted by molar-refractivity contribution is -0.164. The number of benzene rings is 2. The first-order valence-corrected chi connectivity index (χ1v) is 21.4. The number of alkyl carbamates (subject to hydrolysis) is 1. The quantitative estimate of drug-likeness (QED) is 0.0329. The van der Waals surface area contributed by atoms with Crippen molar-refractivity contribution in [2.45, 2.75) is 102 Å². The Bertz CT molecular complexity index is 2400. The predicted octanol–water partition coefficient (Wildman–Crippen LogP) is 3.89. The number of amides is 4. The number of hydrogen-bond donors (Lipinski definition) is 4. The Balaban J connectivity index is 1.24. The fraction of sp³-hybridized carbons (Fsp3) is 0.410. The first-order chi connectivity index (χ1) is 29.1. The molecule has 0 unspecified atom stereocenters. The molecule has 4 N–H and O–H groups in total. The molecular weight excluding hydrogens is 851 g/mol. The molecule has 2 fully saturated rings. The van der Waals surface area contributed by atoms with Crippen LogP contribution in [0.15, 0.2) is 77.4 Å². The monoisotopic (exact) mass is 895 g/mol. The minimum atomic E-state index is -5.13. The minimum Gasteiger partial charge on any atom is -0.450 e. The number of hydrogen-bond acceptors (Lipinski definition) is 16. The number of aromatic nitrogens is 4. The zero-order valence-electron chi connectivity index (χ0n) is 34.4. The third-order valence-corrected chi connectivity index (χ3v) is 10.6. The molecule has 2 aliphatic rings. The summed E-state index contributed by atoms with van der Waals surface area (Å²) < 4.78 is 52.4. The van der Waals surface area contributed by atoms with Gasteiger partial charge < -0.3 is 29.7 Å². The largest absolute Gasteiger partial charge is 0.450 e. The molecule has 2 atom stereocenters. The van der Waals surface area contributed by atoms with Crippen molar-refractivity contribution in [2.75, 3.05) is 5.32 Å². The Morgan fingerprint density at radius 1 is 0.952 bits per heavy atom. The molecule has 1 aliphatic carbocycles. The molecule has 62 heavy (non-hydrogen) atoms. The smallest absolute Gasteiger partial charge is 0.413 e. The van der Waals surface area contributed by atoms with Crippen molar-refractivity contribution in [1.82, 2.24) is 34.9 Å². The predicted molar refractivity (Wildman–Crippen MR) is 220 cm³/mol. The number of rotatable bonds is 15. The lowest BCUT2D eigenvalue weighted by Gasteiger charge is -2.43. The Labute approximate surface area is 360 Å². The molecule has 23 heteroatoms. The molecule has 3 heterocycles. The van der Waals surface area contributed by atoms with Crippen LogP contribution in [-0.2, 0) is 56.8 Å². The van der Waals surface area contributed by atoms with Crippen molar-refractivity contribution >= 4 is 62.5 Å². The van der Waals surface area contributed by atoms with Crippen LogP contribution >= 0.6 is 11.3 Å². The molecule has 1 saturated heterocycles. The van der Waals surface area contributed by atoms with Gasteiger partial charge >= 0.3 is 28.5 Å². The standard InChI is InChI=1S/C39H45N9O12S2/c1-37(2,3)58-35(52)40-19-25-20-47(46-44-25)21-27-29(32(50)48(27)62(54,55)56)42-31(49)28(26-22-61-34(41-26)43-36(53)59-38(4,5)6)45-60-39(17-18-39)33(51)57-30(23-13-9-7-10-14-23)24-15-11-8-12-16-24/h7-16,20,22,27,29-30H,17-19,21H2,1-6H3,(H,40,52)(H,42,49)(H,41,43,53)(H,54,55,56)/t27-,29+/m1/s1. The van der Waals surface area contributed by atoms with Gasteiger partial charge in [0.15, 0.2) is 16.9 Å². The first-order valence-electron chi connectivity index (χ1n) is 19.1. The van der Waals surface area contributed by atoms with Crippen LogP contribution in [0.4, 0.5) is 14.7 Å². The van der Waals surface area contributed by atoms with Gasteiger partial charge in [-0.25, -0.2) is 28.4 Å². The Morgan fingerprint density at radius 3 is 2.11 bits per heavy atom. The molecule has 2 aromatic carbocycles. The number of ether oxygens (including phenoxy) is 3. The van der Waals surface area contributed by atoms with E-state index in [1.807, 2.05) is 12.1 Å². The van der Waals surface area contributed by atoms with Crippen LogP contribution in [-0.4, -0.2) is 102 Å². The van der Waals surface area contributed by atoms with Crippen LogP contribution < -0.4 is 16.0 Å². The van der Waals surface area contributed by atoms with Gasteiger partial charge in [0.2, 0.25) is 5.60 Å². The Morgan fingerprint density at radius 2 is 1.55 bits per heavy atom. The molecule has 4 amide bonds. The summed E-state index contributed by atoms with van der Waals surface area (Å²) in [6.07, 6.45) is -0.684. The van der Waals surface area contributed by atoms with Crippen molar-refractivity contribution in [3.05, 3.63) is 94.8 Å². The topological polar surface area (TPSA) is 272 Å². The number of carbonyl (C=O) groups is 5. The number of thiazole rings is 1. The number of nitrogens with one attached hydrogen (secondary N) is 3. The summed E-state index contributed by atoms with van der Waals surface area (Å²) in [6.45, 7) is 9.53. The van der Waals surface area contributed by atoms with Crippen molar-refractivity contribution in [2.24, 2.45) is 5.16 Å². The molecule has 0 bridgehead atoms. The lowest BCUT2D eigenvalue weighted by atomic mass is 9.98. The van der Waals surface area contributed by atoms with Gasteiger partial charge in [0.05, 0.1) is 25.3 Å². The average molecular weight is 896 g/mol. The molecule has 4 aromatic rings. The second-order valence-electron chi connectivity index (χ2n) is 16.2. The summed E-state index contributed by atoms with van der Waals surface area (Å²) >= 11 is 0.893. The van der Waals surface area contributed by atoms with E-state index in [1.165, 1.54) is 11.6 Å². The third-order valence-electron chi connectivity index (χ3n) is 8.86. The molecule has 2 aromatic heterocycles. The van der Waals surface area contributed by atoms with Gasteiger partial charge in [0.25, 0.3) is 11.8 Å². The number of nitrogens with zero attached hydrogens (tertiary/aromatic N) is 6. The molecule has 1 aliphatic heterocycles. The van der Waals surface area contributed by atoms with E-state index in [1.54, 1.807) is 90.1 Å². The lowest BCUT2D eigenvalue weighted by Crippen LogP contribution is -2.73. The van der Waals surface area contributed by atoms with Crippen molar-refractivity contribution in [3.8, 4) is 0 Å². The van der Waals surface area contributed by atoms with Crippen molar-refractivity contribution in [1.29, 1.82) is 0 Å². The van der Waals surface area contributed by atoms with Gasteiger partial charge in [0.1, 0.15) is 28.6 Å². The molecule has 6 rings (SSSR count). The molecule has 21 nitrogen and oxygen atoms in total. The van der Waals surface area contributed by atoms with E-state index in [0.717, 1.165) is 16.0 Å². The van der Waals surface area contributed by atoms with Crippen molar-refractivity contribution < 1.29 is 56.0 Å². The maximum atomic E-state index is 14.1. The zero-order chi connectivity index (χ0) is 45.0. The maximum Gasteiger partial charge on any atom is 0.413 e. The second-order valence-corrected chi connectivity index (χ2v) is 18.4. The van der Waals surface area contributed by atoms with E-state index in [0.29, 0.717) is 11.1 Å². The van der Waals surface area contributed by atoms with Crippen LogP contribution in [0.2, 0.25) is 0 Å². The van der Waals surface area contributed by atoms with E-state index in [9.17, 15) is 36.9 Å². The number of β-lactam (4-membered cyclic amide) rings is 1. The highest BCUT2D eigenvalue weighted by Gasteiger charge is 2.57. The molecule has 0 radical (unpaired) electrons. The summed E-state index contributed by atoms with van der Waals surface area (Å²) in [7, 11) is -5.13. The maximum absolute atomic E-state index is 14.1. The van der Waals surface area contributed by atoms with Crippen LogP contribution in [0.1, 0.15) is 83.0 Å². The number of anilines is 1. The van der Waals surface area contributed by atoms with Crippen LogP contribution in [0.5, 0.6) is 0 Å². The van der Waals surface area contributed by atoms with Crippen molar-refractivity contribution in [3.63, 3.8) is 0 Å². The van der Waals surface area contributed by atoms with E-state index >= 15 is 0 Å². The van der Waals surface area contributed by atoms with Gasteiger partial charge in [0, 0.05) is 18.2 Å². The minimum absolute atomic E-state index is 0.0119. The number of oxime groups is 1. The van der Waals surface area contributed by atoms with E-state index in [-0.39, 0.29) is 40.2 Å². The summed E-state index contributed by atoms with van der Waals surface area (Å²) in [4.78, 5) is 75.9. The summed E-state index contributed by atoms with van der Waals surface area (Å²) in [5.41, 5.74) is -2.32. The fourth-order valence-electron chi connectivity index (χ4n) is 5.94. The van der Waals surface area contributed by atoms with Gasteiger partial charge in [-0.2, -0.15) is 8.42 Å². The molecule has 0 spiro atoms. The Kier molecular flexibility index (Phi) is 13.0. The highest BCUT2D eigenvalue weighted by Crippen LogP contribution is 2.43. The molecule has 330 valence electrons. The number of carbonyl (C=O) groups excluding carboxylic acids is 5. The SMILES string of the molecule is CC(C)(C)OC(=O)NCc1cn(C[C@@H]2[C@H](NC(=O)C(=NOC3(C(=O)OC(c4ccccc4)c4ccccc4)CC3)c3csc(NC(=O)OC(C)(C)C)n3)C(=O)N2S(=O)(=O)O)nn1. The average Bonchev–Trinajstić information content (AvgIpc) is 3.61. The normalized spacial score (nSPS) is 17.4. The Hall–Kier alpha value is -6.46. The number of esters is 1. The van der Waals surface area contributed by atoms with Crippen LogP contribution in [0.25, 0.3) is 0 Å². The van der Waals surface area contributed by atoms with E-state index in [4.69, 9.17) is 19.0 Å². The first kappa shape index (κ1) is 45.1. The highest BCUT2D eigenvalue weighted by molar-refractivity contribution is 7.84. The van der Waals surface area contributed by atoms with Gasteiger partial charge in [-0.05, 0) is 52.7 Å². The summed E-state index contributed by atoms with van der Waals surface area (Å²) in [5.74, 6) is -3.07. The van der Waals surface area contributed by atoms with E-state index < -0.39 is 87.5 Å². The summed E-state index contributed by atoms with van der Waals surface area (Å²) in [6, 6.07) is 15.1. The third kappa shape index (κ3) is 11.5. The van der Waals surface area contributed by atoms with Crippen LogP contribution in [0, 0.1) is 0 Å². The van der Waals surface area contributed by atoms with E-state index in [2.05, 4.69) is 36.4 Å². The molecular formula is C39H45N9O12S2. The highest BCUT2D eigenvalue weighted by atomic mass is 32.2. The van der Waals surface area contributed by atoms with Gasteiger partial charge in [-0.15, -0.1) is 16.4 Å². The van der Waals surface area contributed by atoms with Gasteiger partial charge in [-0.3, -0.25) is 19.5 Å². The second kappa shape index (κ2) is 17.9. The van der Waals surface area contributed by atoms with Gasteiger partial charge in [-0.1, -0.05) is 71.0 Å². The molecule has 1 saturated carbocycles. The zero-order valence-corrected chi connectivity index (χ0v) is 36.1. The van der Waals surface area contributed by atoms with Crippen LogP contribution in [0.3, 0.4) is 0 Å². The fourth-order valence-corrected chi connectivity index (χ4v) is 7.49.